The lowest BCUT2D eigenvalue weighted by molar-refractivity contribution is -0.227. The molecule has 2 saturated heterocycles. The van der Waals surface area contributed by atoms with Crippen molar-refractivity contribution in [1.29, 1.82) is 0 Å². The summed E-state index contributed by atoms with van der Waals surface area (Å²) in [6, 6.07) is 39.5. The zero-order valence-electron chi connectivity index (χ0n) is 26.5. The maximum absolute atomic E-state index is 14.7. The van der Waals surface area contributed by atoms with Crippen molar-refractivity contribution in [1.82, 2.24) is 10.0 Å². The molecule has 0 aromatic heterocycles. The number of benzene rings is 4. The van der Waals surface area contributed by atoms with E-state index >= 15 is 0 Å². The Morgan fingerprint density at radius 2 is 0.915 bits per heavy atom. The summed E-state index contributed by atoms with van der Waals surface area (Å²) in [6.45, 7) is 5.01. The van der Waals surface area contributed by atoms with Gasteiger partial charge in [-0.3, -0.25) is 0 Å². The maximum atomic E-state index is 14.7. The molecule has 2 amide bonds. The highest BCUT2D eigenvalue weighted by Crippen LogP contribution is 2.79. The standard InChI is InChI=1S/C40H36N2O5/c1-37-33(31-19-11-5-12-20-31)34(32-21-13-6-14-22-32)38(2,40-24-23-39(37,40)27-45-28-40)42(36(44)47-26-30-17-9-4-10-18-30)41(37)35(43)46-25-29-15-7-3-8-16-29/h3-24H,25-28H2,1-2H3/t37-,38+,39?,40?. The van der Waals surface area contributed by atoms with Crippen molar-refractivity contribution in [2.45, 2.75) is 38.1 Å². The number of hydrogen-bond acceptors (Lipinski definition) is 5. The number of carbonyl (C=O) groups excluding carboxylic acids is 2. The quantitative estimate of drug-likeness (QED) is 0.204. The van der Waals surface area contributed by atoms with Gasteiger partial charge in [0.2, 0.25) is 0 Å². The summed E-state index contributed by atoms with van der Waals surface area (Å²) < 4.78 is 18.6. The molecule has 7 heteroatoms. The molecule has 4 atom stereocenters. The van der Waals surface area contributed by atoms with E-state index in [-0.39, 0.29) is 13.2 Å². The number of ether oxygens (including phenoxy) is 3. The van der Waals surface area contributed by atoms with Crippen LogP contribution in [0.3, 0.4) is 0 Å². The normalized spacial score (nSPS) is 28.4. The van der Waals surface area contributed by atoms with E-state index < -0.39 is 34.1 Å². The first-order valence-corrected chi connectivity index (χ1v) is 16.0. The summed E-state index contributed by atoms with van der Waals surface area (Å²) in [5, 5.41) is 3.10. The van der Waals surface area contributed by atoms with Gasteiger partial charge in [-0.1, -0.05) is 133 Å². The van der Waals surface area contributed by atoms with E-state index in [0.29, 0.717) is 13.2 Å². The van der Waals surface area contributed by atoms with Crippen LogP contribution < -0.4 is 0 Å². The van der Waals surface area contributed by atoms with Gasteiger partial charge in [-0.15, -0.1) is 0 Å². The zero-order chi connectivity index (χ0) is 32.3. The number of fused-ring (bicyclic) bond motifs is 1. The lowest BCUT2D eigenvalue weighted by Crippen LogP contribution is -2.88. The molecule has 9 rings (SSSR count). The van der Waals surface area contributed by atoms with E-state index in [9.17, 15) is 9.59 Å². The van der Waals surface area contributed by atoms with Gasteiger partial charge < -0.3 is 14.2 Å². The van der Waals surface area contributed by atoms with Crippen LogP contribution in [0.5, 0.6) is 0 Å². The van der Waals surface area contributed by atoms with Gasteiger partial charge in [0.25, 0.3) is 0 Å². The molecule has 4 aromatic carbocycles. The molecule has 3 aliphatic heterocycles. The fourth-order valence-corrected chi connectivity index (χ4v) is 8.76. The second-order valence-corrected chi connectivity index (χ2v) is 13.1. The number of nitrogens with zero attached hydrogens (tertiary/aromatic N) is 2. The van der Waals surface area contributed by atoms with Crippen LogP contribution in [0.1, 0.15) is 36.1 Å². The van der Waals surface area contributed by atoms with Gasteiger partial charge in [0.1, 0.15) is 24.3 Å². The molecule has 5 aliphatic rings. The third-order valence-corrected chi connectivity index (χ3v) is 11.0. The molecule has 2 fully saturated rings. The fraction of sp³-hybridized carbons (Fsp3) is 0.250. The molecule has 0 N–H and O–H groups in total. The molecule has 2 aliphatic carbocycles. The molecule has 0 saturated carbocycles. The van der Waals surface area contributed by atoms with E-state index in [0.717, 1.165) is 33.4 Å². The number of carbonyl (C=O) groups is 2. The van der Waals surface area contributed by atoms with Crippen molar-refractivity contribution < 1.29 is 23.8 Å². The van der Waals surface area contributed by atoms with Gasteiger partial charge in [0.15, 0.2) is 0 Å². The molecule has 236 valence electrons. The lowest BCUT2D eigenvalue weighted by Gasteiger charge is -2.77. The van der Waals surface area contributed by atoms with Crippen molar-refractivity contribution >= 4 is 23.3 Å². The summed E-state index contributed by atoms with van der Waals surface area (Å²) in [4.78, 5) is 29.5. The Bertz CT molecular complexity index is 1760. The molecule has 3 heterocycles. The average molecular weight is 625 g/mol. The van der Waals surface area contributed by atoms with E-state index in [1.165, 1.54) is 0 Å². The summed E-state index contributed by atoms with van der Waals surface area (Å²) in [7, 11) is 0. The van der Waals surface area contributed by atoms with Crippen LogP contribution in [0.2, 0.25) is 0 Å². The van der Waals surface area contributed by atoms with Crippen molar-refractivity contribution in [2.75, 3.05) is 13.2 Å². The summed E-state index contributed by atoms with van der Waals surface area (Å²) >= 11 is 0. The first-order valence-electron chi connectivity index (χ1n) is 16.0. The largest absolute Gasteiger partial charge is 0.443 e. The predicted octanol–water partition coefficient (Wildman–Crippen LogP) is 7.91. The Hall–Kier alpha value is -5.14. The van der Waals surface area contributed by atoms with E-state index in [4.69, 9.17) is 14.2 Å². The molecule has 47 heavy (non-hydrogen) atoms. The lowest BCUT2D eigenvalue weighted by atomic mass is 9.35. The highest BCUT2D eigenvalue weighted by molar-refractivity contribution is 6.06. The minimum absolute atomic E-state index is 0.0519. The summed E-state index contributed by atoms with van der Waals surface area (Å²) in [6.07, 6.45) is 3.12. The van der Waals surface area contributed by atoms with Crippen LogP contribution in [0.25, 0.3) is 11.1 Å². The van der Waals surface area contributed by atoms with Crippen LogP contribution >= 0.6 is 0 Å². The second kappa shape index (κ2) is 10.7. The molecule has 0 radical (unpaired) electrons. The fourth-order valence-electron chi connectivity index (χ4n) is 8.76. The van der Waals surface area contributed by atoms with Crippen LogP contribution in [0.4, 0.5) is 9.59 Å². The minimum atomic E-state index is -1.11. The Kier molecular flexibility index (Phi) is 6.67. The summed E-state index contributed by atoms with van der Waals surface area (Å²) in [5.41, 5.74) is 2.05. The van der Waals surface area contributed by atoms with Crippen LogP contribution in [0.15, 0.2) is 133 Å². The number of amides is 2. The minimum Gasteiger partial charge on any atom is -0.443 e. The van der Waals surface area contributed by atoms with E-state index in [1.54, 1.807) is 10.0 Å². The van der Waals surface area contributed by atoms with E-state index in [2.05, 4.69) is 50.3 Å². The molecule has 7 nitrogen and oxygen atoms in total. The molecule has 2 bridgehead atoms. The third-order valence-electron chi connectivity index (χ3n) is 11.0. The van der Waals surface area contributed by atoms with Gasteiger partial charge in [0, 0.05) is 0 Å². The molecule has 2 unspecified atom stereocenters. The summed E-state index contributed by atoms with van der Waals surface area (Å²) in [5.74, 6) is 0. The maximum Gasteiger partial charge on any atom is 0.430 e. The highest BCUT2D eigenvalue weighted by Gasteiger charge is 2.86. The Labute approximate surface area is 274 Å². The number of hydrogen-bond donors (Lipinski definition) is 0. The van der Waals surface area contributed by atoms with Crippen molar-refractivity contribution in [2.24, 2.45) is 10.8 Å². The Morgan fingerprint density at radius 3 is 1.26 bits per heavy atom. The van der Waals surface area contributed by atoms with Gasteiger partial charge in [-0.25, -0.2) is 19.6 Å². The zero-order valence-corrected chi connectivity index (χ0v) is 26.5. The van der Waals surface area contributed by atoms with Gasteiger partial charge >= 0.3 is 12.2 Å². The average Bonchev–Trinajstić information content (AvgIpc) is 3.41. The van der Waals surface area contributed by atoms with Gasteiger partial charge in [-0.2, -0.15) is 0 Å². The van der Waals surface area contributed by atoms with Crippen molar-refractivity contribution in [3.05, 3.63) is 156 Å². The molecular weight excluding hydrogens is 588 g/mol. The Morgan fingerprint density at radius 1 is 0.574 bits per heavy atom. The van der Waals surface area contributed by atoms with Gasteiger partial charge in [-0.05, 0) is 47.2 Å². The van der Waals surface area contributed by atoms with E-state index in [1.807, 2.05) is 97.1 Å². The Balaban J connectivity index is 1.37. The SMILES string of the molecule is C[C@]12C(c3ccccc3)=C(c3ccccc3)[C@](C)(N(C(=O)OCc3ccccc3)N1C(=O)OCc1ccccc1)C13C=CC12COC3. The van der Waals surface area contributed by atoms with Crippen molar-refractivity contribution in [3.8, 4) is 0 Å². The second-order valence-electron chi connectivity index (χ2n) is 13.1. The smallest absolute Gasteiger partial charge is 0.430 e. The molecule has 0 spiro atoms. The first kappa shape index (κ1) is 29.3. The first-order chi connectivity index (χ1) is 22.9. The topological polar surface area (TPSA) is 68.3 Å². The van der Waals surface area contributed by atoms with Crippen LogP contribution in [-0.2, 0) is 27.4 Å². The highest BCUT2D eigenvalue weighted by atomic mass is 16.6. The molecule has 4 aromatic rings. The van der Waals surface area contributed by atoms with Gasteiger partial charge in [0.05, 0.1) is 24.0 Å². The predicted molar refractivity (Wildman–Crippen MR) is 178 cm³/mol. The third kappa shape index (κ3) is 3.83. The van der Waals surface area contributed by atoms with Crippen LogP contribution in [0, 0.1) is 10.8 Å². The number of hydrazine groups is 1. The van der Waals surface area contributed by atoms with Crippen LogP contribution in [-0.4, -0.2) is 46.5 Å². The number of rotatable bonds is 6. The van der Waals surface area contributed by atoms with Crippen molar-refractivity contribution in [3.63, 3.8) is 0 Å². The monoisotopic (exact) mass is 624 g/mol. The molecular formula is C40H36N2O5.